The molecular formula is C8H9NO2. The minimum atomic E-state index is -0.115. The van der Waals surface area contributed by atoms with Gasteiger partial charge in [-0.15, -0.1) is 0 Å². The zero-order valence-corrected chi connectivity index (χ0v) is 6.47. The molecule has 0 amide bonds. The molecule has 0 heterocycles. The van der Waals surface area contributed by atoms with Crippen molar-refractivity contribution >= 4 is 11.5 Å². The molecule has 0 aliphatic heterocycles. The second-order valence-corrected chi connectivity index (χ2v) is 2.32. The highest BCUT2D eigenvalue weighted by molar-refractivity contribution is 6.20. The van der Waals surface area contributed by atoms with Gasteiger partial charge in [0.25, 0.3) is 0 Å². The Kier molecular flexibility index (Phi) is 1.89. The normalized spacial score (nSPS) is 17.6. The summed E-state index contributed by atoms with van der Waals surface area (Å²) in [5.74, 6) is 0.227. The lowest BCUT2D eigenvalue weighted by atomic mass is 10.0. The third-order valence-corrected chi connectivity index (χ3v) is 1.49. The minimum Gasteiger partial charge on any atom is -0.494 e. The topological polar surface area (TPSA) is 50.2 Å². The summed E-state index contributed by atoms with van der Waals surface area (Å²) in [7, 11) is 1.45. The van der Waals surface area contributed by atoms with Crippen LogP contribution in [0.3, 0.4) is 0 Å². The minimum absolute atomic E-state index is 0.115. The van der Waals surface area contributed by atoms with Gasteiger partial charge in [0.2, 0.25) is 0 Å². The Bertz CT molecular complexity index is 274. The van der Waals surface area contributed by atoms with Crippen LogP contribution in [-0.4, -0.2) is 18.6 Å². The number of ether oxygens (including phenoxy) is 1. The van der Waals surface area contributed by atoms with Crippen LogP contribution in [0.15, 0.2) is 23.5 Å². The molecule has 0 saturated heterocycles. The highest BCUT2D eigenvalue weighted by atomic mass is 16.5. The van der Waals surface area contributed by atoms with Crippen LogP contribution in [0.25, 0.3) is 0 Å². The molecule has 0 bridgehead atoms. The Hall–Kier alpha value is -1.38. The maximum atomic E-state index is 10.9. The van der Waals surface area contributed by atoms with Crippen LogP contribution in [0.5, 0.6) is 0 Å². The molecule has 0 saturated carbocycles. The molecule has 0 aromatic carbocycles. The first kappa shape index (κ1) is 7.72. The monoisotopic (exact) mass is 151 g/mol. The number of ketones is 1. The summed E-state index contributed by atoms with van der Waals surface area (Å²) in [6.07, 6.45) is 2.74. The van der Waals surface area contributed by atoms with Crippen LogP contribution in [0.2, 0.25) is 0 Å². The molecule has 0 atom stereocenters. The lowest BCUT2D eigenvalue weighted by Crippen LogP contribution is -2.12. The molecule has 3 heteroatoms. The van der Waals surface area contributed by atoms with E-state index in [0.29, 0.717) is 11.3 Å². The maximum Gasteiger partial charge on any atom is 0.182 e. The fourth-order valence-electron chi connectivity index (χ4n) is 0.884. The van der Waals surface area contributed by atoms with Gasteiger partial charge >= 0.3 is 0 Å². The predicted molar refractivity (Wildman–Crippen MR) is 41.6 cm³/mol. The molecule has 1 N–H and O–H groups in total. The average Bonchev–Trinajstić information content (AvgIpc) is 1.96. The van der Waals surface area contributed by atoms with Crippen molar-refractivity contribution in [2.45, 2.75) is 6.92 Å². The molecule has 3 nitrogen and oxygen atoms in total. The Morgan fingerprint density at radius 2 is 2.09 bits per heavy atom. The van der Waals surface area contributed by atoms with Crippen molar-refractivity contribution in [2.75, 3.05) is 7.11 Å². The second kappa shape index (κ2) is 2.70. The molecule has 1 rings (SSSR count). The zero-order valence-electron chi connectivity index (χ0n) is 6.47. The fraction of sp³-hybridized carbons (Fsp3) is 0.250. The van der Waals surface area contributed by atoms with Crippen molar-refractivity contribution in [3.05, 3.63) is 23.5 Å². The van der Waals surface area contributed by atoms with Crippen molar-refractivity contribution in [2.24, 2.45) is 0 Å². The highest BCUT2D eigenvalue weighted by Crippen LogP contribution is 2.12. The lowest BCUT2D eigenvalue weighted by molar-refractivity contribution is -0.110. The molecule has 0 fully saturated rings. The predicted octanol–water partition coefficient (Wildman–Crippen LogP) is 1.07. The highest BCUT2D eigenvalue weighted by Gasteiger charge is 2.14. The van der Waals surface area contributed by atoms with Gasteiger partial charge in [-0.2, -0.15) is 0 Å². The molecule has 0 aromatic rings. The molecule has 0 unspecified atom stereocenters. The van der Waals surface area contributed by atoms with E-state index in [0.717, 1.165) is 0 Å². The van der Waals surface area contributed by atoms with Crippen molar-refractivity contribution in [1.82, 2.24) is 0 Å². The molecule has 0 spiro atoms. The van der Waals surface area contributed by atoms with E-state index in [2.05, 4.69) is 0 Å². The fourth-order valence-corrected chi connectivity index (χ4v) is 0.884. The largest absolute Gasteiger partial charge is 0.494 e. The molecule has 0 aromatic heterocycles. The summed E-state index contributed by atoms with van der Waals surface area (Å²) in [4.78, 5) is 10.9. The SMILES string of the molecule is COC1=CC(=O)C=C(C)C1=N. The van der Waals surface area contributed by atoms with Gasteiger partial charge in [-0.1, -0.05) is 0 Å². The average molecular weight is 151 g/mol. The van der Waals surface area contributed by atoms with Crippen LogP contribution < -0.4 is 0 Å². The van der Waals surface area contributed by atoms with Gasteiger partial charge < -0.3 is 4.74 Å². The van der Waals surface area contributed by atoms with Crippen LogP contribution in [-0.2, 0) is 9.53 Å². The van der Waals surface area contributed by atoms with Crippen molar-refractivity contribution < 1.29 is 9.53 Å². The molecule has 1 aliphatic rings. The van der Waals surface area contributed by atoms with E-state index >= 15 is 0 Å². The first-order valence-electron chi connectivity index (χ1n) is 3.22. The van der Waals surface area contributed by atoms with E-state index in [9.17, 15) is 4.79 Å². The first-order valence-corrected chi connectivity index (χ1v) is 3.22. The summed E-state index contributed by atoms with van der Waals surface area (Å²) in [5, 5.41) is 7.43. The number of rotatable bonds is 1. The maximum absolute atomic E-state index is 10.9. The van der Waals surface area contributed by atoms with E-state index in [1.165, 1.54) is 19.3 Å². The van der Waals surface area contributed by atoms with Gasteiger partial charge in [-0.05, 0) is 18.6 Å². The zero-order chi connectivity index (χ0) is 8.43. The third kappa shape index (κ3) is 1.37. The molecule has 1 aliphatic carbocycles. The Balaban J connectivity index is 3.00. The van der Waals surface area contributed by atoms with E-state index in [-0.39, 0.29) is 11.5 Å². The smallest absolute Gasteiger partial charge is 0.182 e. The van der Waals surface area contributed by atoms with E-state index in [1.807, 2.05) is 0 Å². The molecule has 0 radical (unpaired) electrons. The summed E-state index contributed by atoms with van der Waals surface area (Å²) >= 11 is 0. The summed E-state index contributed by atoms with van der Waals surface area (Å²) in [5.41, 5.74) is 0.932. The Morgan fingerprint density at radius 3 is 2.64 bits per heavy atom. The standard InChI is InChI=1S/C8H9NO2/c1-5-3-6(10)4-7(11-2)8(5)9/h3-4,9H,1-2H3. The van der Waals surface area contributed by atoms with Gasteiger partial charge in [0.1, 0.15) is 5.76 Å². The van der Waals surface area contributed by atoms with Crippen LogP contribution in [0.1, 0.15) is 6.92 Å². The summed E-state index contributed by atoms with van der Waals surface area (Å²) < 4.78 is 4.82. The number of hydrogen-bond acceptors (Lipinski definition) is 3. The van der Waals surface area contributed by atoms with E-state index in [4.69, 9.17) is 10.1 Å². The van der Waals surface area contributed by atoms with E-state index in [1.54, 1.807) is 6.92 Å². The number of carbonyl (C=O) groups excluding carboxylic acids is 1. The van der Waals surface area contributed by atoms with E-state index < -0.39 is 0 Å². The van der Waals surface area contributed by atoms with Gasteiger partial charge in [0.15, 0.2) is 5.78 Å². The van der Waals surface area contributed by atoms with Gasteiger partial charge in [0.05, 0.1) is 12.8 Å². The molecule has 58 valence electrons. The van der Waals surface area contributed by atoms with Crippen LogP contribution >= 0.6 is 0 Å². The van der Waals surface area contributed by atoms with Gasteiger partial charge in [0, 0.05) is 6.08 Å². The van der Waals surface area contributed by atoms with Gasteiger partial charge in [-0.25, -0.2) is 0 Å². The number of nitrogens with one attached hydrogen (secondary N) is 1. The van der Waals surface area contributed by atoms with Crippen LogP contribution in [0.4, 0.5) is 0 Å². The van der Waals surface area contributed by atoms with Crippen molar-refractivity contribution in [3.63, 3.8) is 0 Å². The van der Waals surface area contributed by atoms with Crippen molar-refractivity contribution in [1.29, 1.82) is 5.41 Å². The van der Waals surface area contributed by atoms with Crippen LogP contribution in [0, 0.1) is 5.41 Å². The number of hydrogen-bond donors (Lipinski definition) is 1. The number of methoxy groups -OCH3 is 1. The molecule has 11 heavy (non-hydrogen) atoms. The third-order valence-electron chi connectivity index (χ3n) is 1.49. The quantitative estimate of drug-likeness (QED) is 0.570. The molecular weight excluding hydrogens is 142 g/mol. The summed E-state index contributed by atoms with van der Waals surface area (Å²) in [6.45, 7) is 1.71. The lowest BCUT2D eigenvalue weighted by Gasteiger charge is -2.10. The van der Waals surface area contributed by atoms with Gasteiger partial charge in [-0.3, -0.25) is 10.2 Å². The summed E-state index contributed by atoms with van der Waals surface area (Å²) in [6, 6.07) is 0. The Morgan fingerprint density at radius 1 is 1.45 bits per heavy atom. The second-order valence-electron chi connectivity index (χ2n) is 2.32. The Labute approximate surface area is 64.9 Å². The van der Waals surface area contributed by atoms with Crippen molar-refractivity contribution in [3.8, 4) is 0 Å². The number of allylic oxidation sites excluding steroid dienone is 3. The number of carbonyl (C=O) groups is 1. The first-order chi connectivity index (χ1) is 5.15.